The van der Waals surface area contributed by atoms with Crippen LogP contribution in [-0.4, -0.2) is 65.5 Å². The Hall–Kier alpha value is -1.62. The molecule has 6 nitrogen and oxygen atoms in total. The summed E-state index contributed by atoms with van der Waals surface area (Å²) in [5.74, 6) is -2.76. The number of carboxylic acid groups (broad SMARTS) is 1. The third-order valence-corrected chi connectivity index (χ3v) is 3.66. The Kier molecular flexibility index (Phi) is 7.68. The van der Waals surface area contributed by atoms with Gasteiger partial charge >= 0.3 is 19.3 Å². The summed E-state index contributed by atoms with van der Waals surface area (Å²) in [6.07, 6.45) is -5.08. The lowest BCUT2D eigenvalue weighted by Gasteiger charge is -2.33. The van der Waals surface area contributed by atoms with Gasteiger partial charge in [-0.3, -0.25) is 4.90 Å². The standard InChI is InChI=1S/C12H19BN2O2.C2HF3O2/c1-10(15-8-6-14-7-9-15)11-2-4-12(5-3-11)13(16)17;3-2(4,5)1(6)7/h2-5,10,14,16-17H,6-9H2,1H3;(H,6,7). The summed E-state index contributed by atoms with van der Waals surface area (Å²) in [5, 5.41) is 28.5. The van der Waals surface area contributed by atoms with Crippen LogP contribution in [-0.2, 0) is 4.79 Å². The number of carbonyl (C=O) groups is 1. The Balaban J connectivity index is 0.000000351. The van der Waals surface area contributed by atoms with E-state index in [4.69, 9.17) is 19.9 Å². The van der Waals surface area contributed by atoms with Crippen molar-refractivity contribution in [1.82, 2.24) is 10.2 Å². The highest BCUT2D eigenvalue weighted by Crippen LogP contribution is 2.19. The van der Waals surface area contributed by atoms with Crippen molar-refractivity contribution in [1.29, 1.82) is 0 Å². The average Bonchev–Trinajstić information content (AvgIpc) is 2.55. The summed E-state index contributed by atoms with van der Waals surface area (Å²) in [7, 11) is -1.38. The Labute approximate surface area is 138 Å². The van der Waals surface area contributed by atoms with E-state index in [0.717, 1.165) is 26.2 Å². The molecule has 1 atom stereocenters. The van der Waals surface area contributed by atoms with Crippen molar-refractivity contribution >= 4 is 18.6 Å². The van der Waals surface area contributed by atoms with Crippen LogP contribution in [0.4, 0.5) is 13.2 Å². The Morgan fingerprint density at radius 2 is 1.67 bits per heavy atom. The normalized spacial score (nSPS) is 16.8. The lowest BCUT2D eigenvalue weighted by Crippen LogP contribution is -2.44. The number of halogens is 3. The average molecular weight is 348 g/mol. The van der Waals surface area contributed by atoms with Gasteiger partial charge in [0.1, 0.15) is 0 Å². The van der Waals surface area contributed by atoms with Crippen molar-refractivity contribution in [2.75, 3.05) is 26.2 Å². The minimum atomic E-state index is -5.08. The van der Waals surface area contributed by atoms with Gasteiger partial charge in [0.2, 0.25) is 0 Å². The summed E-state index contributed by atoms with van der Waals surface area (Å²) in [6.45, 7) is 6.39. The van der Waals surface area contributed by atoms with E-state index in [-0.39, 0.29) is 0 Å². The summed E-state index contributed by atoms with van der Waals surface area (Å²) < 4.78 is 31.7. The fourth-order valence-electron chi connectivity index (χ4n) is 2.23. The van der Waals surface area contributed by atoms with E-state index in [0.29, 0.717) is 11.5 Å². The molecule has 24 heavy (non-hydrogen) atoms. The van der Waals surface area contributed by atoms with Gasteiger partial charge in [-0.05, 0) is 17.9 Å². The predicted octanol–water partition coefficient (Wildman–Crippen LogP) is -0.0341. The summed E-state index contributed by atoms with van der Waals surface area (Å²) in [4.78, 5) is 11.3. The van der Waals surface area contributed by atoms with Crippen molar-refractivity contribution < 1.29 is 33.1 Å². The van der Waals surface area contributed by atoms with E-state index in [9.17, 15) is 13.2 Å². The number of rotatable bonds is 3. The van der Waals surface area contributed by atoms with Gasteiger partial charge < -0.3 is 20.5 Å². The SMILES string of the molecule is CC(c1ccc(B(O)O)cc1)N1CCNCC1.O=C(O)C(F)(F)F. The van der Waals surface area contributed by atoms with Gasteiger partial charge in [-0.25, -0.2) is 4.79 Å². The Morgan fingerprint density at radius 1 is 1.21 bits per heavy atom. The first kappa shape index (κ1) is 20.4. The zero-order valence-electron chi connectivity index (χ0n) is 13.1. The molecule has 0 spiro atoms. The van der Waals surface area contributed by atoms with Crippen LogP contribution in [0, 0.1) is 0 Å². The zero-order valence-corrected chi connectivity index (χ0v) is 13.1. The fourth-order valence-corrected chi connectivity index (χ4v) is 2.23. The van der Waals surface area contributed by atoms with Crippen molar-refractivity contribution in [2.24, 2.45) is 0 Å². The van der Waals surface area contributed by atoms with Gasteiger partial charge in [0.25, 0.3) is 0 Å². The van der Waals surface area contributed by atoms with Crippen molar-refractivity contribution in [3.05, 3.63) is 29.8 Å². The van der Waals surface area contributed by atoms with Gasteiger partial charge in [0.05, 0.1) is 0 Å². The summed E-state index contributed by atoms with van der Waals surface area (Å²) in [6, 6.07) is 7.88. The predicted molar refractivity (Wildman–Crippen MR) is 82.8 cm³/mol. The maximum Gasteiger partial charge on any atom is 0.490 e. The van der Waals surface area contributed by atoms with Gasteiger partial charge in [-0.2, -0.15) is 13.2 Å². The molecule has 1 aromatic rings. The molecule has 1 aromatic carbocycles. The number of piperazine rings is 1. The number of carboxylic acids is 1. The number of nitrogens with zero attached hydrogens (tertiary/aromatic N) is 1. The first-order valence-electron chi connectivity index (χ1n) is 7.33. The highest BCUT2D eigenvalue weighted by atomic mass is 19.4. The molecule has 10 heteroatoms. The molecule has 1 aliphatic heterocycles. The third kappa shape index (κ3) is 6.48. The van der Waals surface area contributed by atoms with E-state index >= 15 is 0 Å². The van der Waals surface area contributed by atoms with Crippen LogP contribution in [0.2, 0.25) is 0 Å². The molecule has 1 aliphatic rings. The maximum atomic E-state index is 10.6. The quantitative estimate of drug-likeness (QED) is 0.574. The Bertz CT molecular complexity index is 520. The smallest absolute Gasteiger partial charge is 0.475 e. The fraction of sp³-hybridized carbons (Fsp3) is 0.500. The second kappa shape index (κ2) is 9.02. The maximum absolute atomic E-state index is 10.6. The molecule has 1 fully saturated rings. The molecule has 134 valence electrons. The van der Waals surface area contributed by atoms with Gasteiger partial charge in [0, 0.05) is 32.2 Å². The van der Waals surface area contributed by atoms with Gasteiger partial charge in [0.15, 0.2) is 0 Å². The second-order valence-corrected chi connectivity index (χ2v) is 5.31. The molecule has 0 bridgehead atoms. The van der Waals surface area contributed by atoms with Crippen LogP contribution < -0.4 is 10.8 Å². The molecular weight excluding hydrogens is 328 g/mol. The molecule has 0 saturated carbocycles. The number of hydrogen-bond acceptors (Lipinski definition) is 5. The van der Waals surface area contributed by atoms with E-state index in [1.54, 1.807) is 12.1 Å². The number of benzene rings is 1. The largest absolute Gasteiger partial charge is 0.490 e. The van der Waals surface area contributed by atoms with Crippen LogP contribution in [0.15, 0.2) is 24.3 Å². The minimum absolute atomic E-state index is 0.377. The second-order valence-electron chi connectivity index (χ2n) is 5.31. The molecular formula is C14H20BF3N2O4. The monoisotopic (exact) mass is 348 g/mol. The van der Waals surface area contributed by atoms with Crippen LogP contribution in [0.5, 0.6) is 0 Å². The molecule has 0 aliphatic carbocycles. The van der Waals surface area contributed by atoms with Crippen LogP contribution in [0.3, 0.4) is 0 Å². The molecule has 0 amide bonds. The van der Waals surface area contributed by atoms with E-state index in [2.05, 4.69) is 17.1 Å². The van der Waals surface area contributed by atoms with E-state index in [1.165, 1.54) is 5.56 Å². The number of hydrogen-bond donors (Lipinski definition) is 4. The van der Waals surface area contributed by atoms with Crippen LogP contribution >= 0.6 is 0 Å². The molecule has 2 rings (SSSR count). The molecule has 1 saturated heterocycles. The number of alkyl halides is 3. The topological polar surface area (TPSA) is 93.0 Å². The minimum Gasteiger partial charge on any atom is -0.475 e. The van der Waals surface area contributed by atoms with Crippen LogP contribution in [0.1, 0.15) is 18.5 Å². The van der Waals surface area contributed by atoms with Crippen LogP contribution in [0.25, 0.3) is 0 Å². The zero-order chi connectivity index (χ0) is 18.3. The van der Waals surface area contributed by atoms with E-state index < -0.39 is 19.3 Å². The van der Waals surface area contributed by atoms with Gasteiger partial charge in [-0.1, -0.05) is 24.3 Å². The third-order valence-electron chi connectivity index (χ3n) is 3.66. The summed E-state index contributed by atoms with van der Waals surface area (Å²) >= 11 is 0. The van der Waals surface area contributed by atoms with Crippen molar-refractivity contribution in [3.8, 4) is 0 Å². The first-order valence-corrected chi connectivity index (χ1v) is 7.33. The highest BCUT2D eigenvalue weighted by molar-refractivity contribution is 6.58. The van der Waals surface area contributed by atoms with Gasteiger partial charge in [-0.15, -0.1) is 0 Å². The lowest BCUT2D eigenvalue weighted by molar-refractivity contribution is -0.192. The molecule has 1 heterocycles. The van der Waals surface area contributed by atoms with Crippen molar-refractivity contribution in [2.45, 2.75) is 19.1 Å². The molecule has 1 unspecified atom stereocenters. The molecule has 4 N–H and O–H groups in total. The summed E-state index contributed by atoms with van der Waals surface area (Å²) in [5.41, 5.74) is 1.76. The van der Waals surface area contributed by atoms with E-state index in [1.807, 2.05) is 12.1 Å². The lowest BCUT2D eigenvalue weighted by atomic mass is 9.80. The number of aliphatic carboxylic acids is 1. The Morgan fingerprint density at radius 3 is 2.04 bits per heavy atom. The van der Waals surface area contributed by atoms with Crippen molar-refractivity contribution in [3.63, 3.8) is 0 Å². The first-order chi connectivity index (χ1) is 11.1. The highest BCUT2D eigenvalue weighted by Gasteiger charge is 2.38. The molecule has 0 radical (unpaired) electrons. The number of nitrogens with one attached hydrogen (secondary N) is 1. The molecule has 0 aromatic heterocycles.